The molecule has 0 rings (SSSR count). The quantitative estimate of drug-likeness (QED) is 0.142. The van der Waals surface area contributed by atoms with Gasteiger partial charge in [-0.1, -0.05) is 20.8 Å². The second-order valence-electron chi connectivity index (χ2n) is 8.51. The van der Waals surface area contributed by atoms with Crippen molar-refractivity contribution < 1.29 is 52.2 Å². The molecule has 0 radical (unpaired) electrons. The number of rotatable bonds is 24. The van der Waals surface area contributed by atoms with Gasteiger partial charge in [0, 0.05) is 64.5 Å². The van der Waals surface area contributed by atoms with Crippen LogP contribution in [0.2, 0.25) is 5.04 Å². The molecule has 0 aromatic heterocycles. The van der Waals surface area contributed by atoms with Crippen LogP contribution in [0.3, 0.4) is 0 Å². The standard InChI is InChI=1S/C22H54O12Si4/c1-13-23-36(24-14-2,25-15-3)32-35(22(10,11)12,33-37(26-16-4,27-17-5)28-18-6)34-38(29-19-7,30-20-8)31-21-9/h13-21H2,1-12H3. The van der Waals surface area contributed by atoms with Crippen LogP contribution in [0.4, 0.5) is 0 Å². The first kappa shape index (κ1) is 38.4. The van der Waals surface area contributed by atoms with Crippen molar-refractivity contribution >= 4 is 35.9 Å². The summed E-state index contributed by atoms with van der Waals surface area (Å²) in [7, 11) is -15.7. The summed E-state index contributed by atoms with van der Waals surface area (Å²) in [4.78, 5) is 0. The summed E-state index contributed by atoms with van der Waals surface area (Å²) < 4.78 is 75.3. The van der Waals surface area contributed by atoms with Gasteiger partial charge in [0.1, 0.15) is 0 Å². The van der Waals surface area contributed by atoms with Crippen molar-refractivity contribution in [2.24, 2.45) is 0 Å². The van der Waals surface area contributed by atoms with Gasteiger partial charge in [-0.05, 0) is 62.3 Å². The van der Waals surface area contributed by atoms with Crippen LogP contribution in [0.25, 0.3) is 0 Å². The van der Waals surface area contributed by atoms with Crippen molar-refractivity contribution in [3.05, 3.63) is 0 Å². The van der Waals surface area contributed by atoms with Crippen molar-refractivity contribution in [3.63, 3.8) is 0 Å². The van der Waals surface area contributed by atoms with Crippen molar-refractivity contribution in [1.82, 2.24) is 0 Å². The van der Waals surface area contributed by atoms with Gasteiger partial charge >= 0.3 is 35.9 Å². The molecule has 38 heavy (non-hydrogen) atoms. The van der Waals surface area contributed by atoms with Gasteiger partial charge in [-0.2, -0.15) is 0 Å². The average molecular weight is 623 g/mol. The molecule has 0 amide bonds. The maximum absolute atomic E-state index is 6.86. The van der Waals surface area contributed by atoms with E-state index in [9.17, 15) is 0 Å². The lowest BCUT2D eigenvalue weighted by Gasteiger charge is -2.48. The summed E-state index contributed by atoms with van der Waals surface area (Å²) in [6.45, 7) is 24.8. The molecule has 0 heterocycles. The fourth-order valence-corrected chi connectivity index (χ4v) is 18.5. The second kappa shape index (κ2) is 18.7. The van der Waals surface area contributed by atoms with Gasteiger partial charge < -0.3 is 52.2 Å². The zero-order chi connectivity index (χ0) is 29.3. The molecule has 0 aromatic carbocycles. The fraction of sp³-hybridized carbons (Fsp3) is 1.00. The zero-order valence-electron chi connectivity index (χ0n) is 25.8. The van der Waals surface area contributed by atoms with Crippen molar-refractivity contribution in [2.75, 3.05) is 59.5 Å². The average Bonchev–Trinajstić information content (AvgIpc) is 2.80. The van der Waals surface area contributed by atoms with E-state index in [1.165, 1.54) is 0 Å². The molecule has 0 atom stereocenters. The van der Waals surface area contributed by atoms with Crippen LogP contribution in [-0.4, -0.2) is 95.4 Å². The van der Waals surface area contributed by atoms with Crippen molar-refractivity contribution in [2.45, 2.75) is 88.1 Å². The molecule has 0 aromatic rings. The third kappa shape index (κ3) is 11.3. The summed E-state index contributed by atoms with van der Waals surface area (Å²) >= 11 is 0. The summed E-state index contributed by atoms with van der Waals surface area (Å²) in [5, 5.41) is -0.830. The Kier molecular flexibility index (Phi) is 18.9. The van der Waals surface area contributed by atoms with Crippen LogP contribution in [0, 0.1) is 0 Å². The topological polar surface area (TPSA) is 111 Å². The molecule has 16 heteroatoms. The van der Waals surface area contributed by atoms with E-state index in [1.807, 2.05) is 83.1 Å². The van der Waals surface area contributed by atoms with Gasteiger partial charge in [-0.15, -0.1) is 0 Å². The van der Waals surface area contributed by atoms with E-state index in [0.717, 1.165) is 0 Å². The largest absolute Gasteiger partial charge is 0.672 e. The van der Waals surface area contributed by atoms with Crippen LogP contribution >= 0.6 is 0 Å². The first-order valence-corrected chi connectivity index (χ1v) is 20.4. The van der Waals surface area contributed by atoms with E-state index in [-0.39, 0.29) is 59.5 Å². The molecule has 0 unspecified atom stereocenters. The van der Waals surface area contributed by atoms with E-state index < -0.39 is 41.0 Å². The third-order valence-corrected chi connectivity index (χ3v) is 18.4. The molecule has 0 saturated heterocycles. The Morgan fingerprint density at radius 3 is 0.605 bits per heavy atom. The van der Waals surface area contributed by atoms with Crippen LogP contribution in [0.5, 0.6) is 0 Å². The molecule has 0 aliphatic rings. The molecule has 0 N–H and O–H groups in total. The van der Waals surface area contributed by atoms with Gasteiger partial charge in [0.15, 0.2) is 0 Å². The zero-order valence-corrected chi connectivity index (χ0v) is 29.8. The normalized spacial score (nSPS) is 13.9. The van der Waals surface area contributed by atoms with Crippen LogP contribution in [0.15, 0.2) is 0 Å². The van der Waals surface area contributed by atoms with Crippen LogP contribution in [-0.2, 0) is 52.2 Å². The number of hydrogen-bond donors (Lipinski definition) is 0. The number of hydrogen-bond acceptors (Lipinski definition) is 12. The lowest BCUT2D eigenvalue weighted by atomic mass is 10.3. The Balaban J connectivity index is 7.42. The summed E-state index contributed by atoms with van der Waals surface area (Å²) in [5.74, 6) is 0. The monoisotopic (exact) mass is 622 g/mol. The fourth-order valence-electron chi connectivity index (χ4n) is 3.25. The predicted molar refractivity (Wildman–Crippen MR) is 151 cm³/mol. The highest BCUT2D eigenvalue weighted by molar-refractivity contribution is 6.83. The van der Waals surface area contributed by atoms with Gasteiger partial charge in [0.2, 0.25) is 0 Å². The van der Waals surface area contributed by atoms with Crippen molar-refractivity contribution in [3.8, 4) is 0 Å². The Labute approximate surface area is 235 Å². The smallest absolute Gasteiger partial charge is 0.352 e. The van der Waals surface area contributed by atoms with E-state index in [4.69, 9.17) is 52.2 Å². The highest BCUT2D eigenvalue weighted by atomic mass is 28.5. The minimum Gasteiger partial charge on any atom is -0.352 e. The van der Waals surface area contributed by atoms with Gasteiger partial charge in [0.25, 0.3) is 0 Å². The highest BCUT2D eigenvalue weighted by Gasteiger charge is 2.71. The van der Waals surface area contributed by atoms with Gasteiger partial charge in [-0.25, -0.2) is 0 Å². The summed E-state index contributed by atoms with van der Waals surface area (Å²) in [6.07, 6.45) is 0. The first-order valence-electron chi connectivity index (χ1n) is 13.8. The highest BCUT2D eigenvalue weighted by Crippen LogP contribution is 2.45. The second-order valence-corrected chi connectivity index (χ2v) is 19.2. The summed E-state index contributed by atoms with van der Waals surface area (Å²) in [5.41, 5.74) is 0. The van der Waals surface area contributed by atoms with Crippen molar-refractivity contribution in [1.29, 1.82) is 0 Å². The lowest BCUT2D eigenvalue weighted by molar-refractivity contribution is -0.0604. The molecule has 0 fully saturated rings. The molecule has 0 aliphatic carbocycles. The van der Waals surface area contributed by atoms with E-state index in [2.05, 4.69) is 0 Å². The van der Waals surface area contributed by atoms with E-state index in [0.29, 0.717) is 0 Å². The van der Waals surface area contributed by atoms with Crippen LogP contribution in [0.1, 0.15) is 83.1 Å². The molecule has 0 bridgehead atoms. The Hall–Kier alpha value is 0.388. The minimum atomic E-state index is -4.18. The van der Waals surface area contributed by atoms with E-state index in [1.54, 1.807) is 0 Å². The SMILES string of the molecule is CCO[Si](OCC)(OCC)O[Si](O[Si](OCC)(OCC)OCC)(O[Si](OCC)(OCC)OCC)C(C)(C)C. The predicted octanol–water partition coefficient (Wildman–Crippen LogP) is 4.41. The van der Waals surface area contributed by atoms with Gasteiger partial charge in [0.05, 0.1) is 0 Å². The molecular weight excluding hydrogens is 569 g/mol. The third-order valence-electron chi connectivity index (χ3n) is 4.59. The molecule has 0 aliphatic heterocycles. The Morgan fingerprint density at radius 1 is 0.342 bits per heavy atom. The molecular formula is C22H54O12Si4. The maximum atomic E-state index is 6.86. The molecule has 12 nitrogen and oxygen atoms in total. The molecule has 0 spiro atoms. The minimum absolute atomic E-state index is 0.275. The lowest BCUT2D eigenvalue weighted by Crippen LogP contribution is -2.73. The Bertz CT molecular complexity index is 491. The molecule has 230 valence electrons. The first-order chi connectivity index (χ1) is 17.9. The Morgan fingerprint density at radius 2 is 0.500 bits per heavy atom. The van der Waals surface area contributed by atoms with Crippen LogP contribution < -0.4 is 0 Å². The van der Waals surface area contributed by atoms with E-state index >= 15 is 0 Å². The summed E-state index contributed by atoms with van der Waals surface area (Å²) in [6, 6.07) is 0. The van der Waals surface area contributed by atoms with Gasteiger partial charge in [-0.3, -0.25) is 0 Å². The molecule has 0 saturated carbocycles. The maximum Gasteiger partial charge on any atom is 0.672 e.